The molecule has 0 saturated heterocycles. The van der Waals surface area contributed by atoms with E-state index < -0.39 is 6.10 Å². The van der Waals surface area contributed by atoms with Gasteiger partial charge in [0, 0.05) is 26.1 Å². The summed E-state index contributed by atoms with van der Waals surface area (Å²) in [6, 6.07) is 11.4. The number of aliphatic hydroxyl groups is 1. The highest BCUT2D eigenvalue weighted by Crippen LogP contribution is 2.15. The lowest BCUT2D eigenvalue weighted by Crippen LogP contribution is -2.14. The third-order valence-corrected chi connectivity index (χ3v) is 3.01. The third-order valence-electron chi connectivity index (χ3n) is 3.01. The number of nitrogens with one attached hydrogen (secondary N) is 2. The average Bonchev–Trinajstić information content (AvgIpc) is 2.53. The summed E-state index contributed by atoms with van der Waals surface area (Å²) in [6.45, 7) is 2.42. The summed E-state index contributed by atoms with van der Waals surface area (Å²) in [5, 5.41) is 16.3. The molecule has 0 aliphatic heterocycles. The van der Waals surface area contributed by atoms with Crippen LogP contribution in [-0.2, 0) is 6.42 Å². The zero-order chi connectivity index (χ0) is 14.4. The second kappa shape index (κ2) is 6.86. The maximum Gasteiger partial charge on any atom is 0.132 e. The van der Waals surface area contributed by atoms with Gasteiger partial charge in [0.2, 0.25) is 0 Å². The fraction of sp³-hybridized carbons (Fsp3) is 0.333. The van der Waals surface area contributed by atoms with Crippen molar-refractivity contribution in [2.24, 2.45) is 0 Å². The van der Waals surface area contributed by atoms with Crippen LogP contribution in [0.3, 0.4) is 0 Å². The van der Waals surface area contributed by atoms with Gasteiger partial charge < -0.3 is 15.7 Å². The van der Waals surface area contributed by atoms with Crippen LogP contribution in [0.15, 0.2) is 36.4 Å². The number of benzene rings is 1. The quantitative estimate of drug-likeness (QED) is 0.752. The van der Waals surface area contributed by atoms with Crippen molar-refractivity contribution in [3.8, 4) is 0 Å². The Bertz CT molecular complexity index is 523. The van der Waals surface area contributed by atoms with Crippen LogP contribution in [0.1, 0.15) is 24.4 Å². The molecule has 1 unspecified atom stereocenters. The van der Waals surface area contributed by atoms with Gasteiger partial charge >= 0.3 is 0 Å². The number of aromatic nitrogens is 2. The molecule has 0 saturated carbocycles. The lowest BCUT2D eigenvalue weighted by Gasteiger charge is -2.13. The van der Waals surface area contributed by atoms with Gasteiger partial charge in [-0.25, -0.2) is 9.97 Å². The molecule has 1 aromatic carbocycles. The summed E-state index contributed by atoms with van der Waals surface area (Å²) < 4.78 is 0. The van der Waals surface area contributed by atoms with Gasteiger partial charge in [0.15, 0.2) is 0 Å². The summed E-state index contributed by atoms with van der Waals surface area (Å²) in [7, 11) is 1.82. The topological polar surface area (TPSA) is 70.1 Å². The van der Waals surface area contributed by atoms with E-state index in [9.17, 15) is 5.11 Å². The Kier molecular flexibility index (Phi) is 4.90. The number of hydrogen-bond acceptors (Lipinski definition) is 5. The molecular formula is C15H20N4O. The van der Waals surface area contributed by atoms with Gasteiger partial charge in [-0.05, 0) is 5.56 Å². The molecule has 1 heterocycles. The Morgan fingerprint density at radius 1 is 1.15 bits per heavy atom. The van der Waals surface area contributed by atoms with E-state index in [-0.39, 0.29) is 0 Å². The first kappa shape index (κ1) is 14.3. The molecule has 0 radical (unpaired) electrons. The molecule has 3 N–H and O–H groups in total. The zero-order valence-corrected chi connectivity index (χ0v) is 11.8. The van der Waals surface area contributed by atoms with Crippen LogP contribution < -0.4 is 10.6 Å². The Morgan fingerprint density at radius 3 is 2.50 bits per heavy atom. The van der Waals surface area contributed by atoms with Gasteiger partial charge in [0.1, 0.15) is 17.5 Å². The van der Waals surface area contributed by atoms with Crippen molar-refractivity contribution in [3.63, 3.8) is 0 Å². The van der Waals surface area contributed by atoms with E-state index in [1.54, 1.807) is 0 Å². The minimum Gasteiger partial charge on any atom is -0.387 e. The molecule has 5 heteroatoms. The van der Waals surface area contributed by atoms with Crippen LogP contribution in [-0.4, -0.2) is 28.7 Å². The molecule has 0 bridgehead atoms. The predicted octanol–water partition coefficient (Wildman–Crippen LogP) is 2.23. The van der Waals surface area contributed by atoms with Crippen LogP contribution in [0.25, 0.3) is 0 Å². The van der Waals surface area contributed by atoms with Crippen molar-refractivity contribution in [1.29, 1.82) is 0 Å². The fourth-order valence-electron chi connectivity index (χ4n) is 1.87. The number of anilines is 2. The number of rotatable bonds is 6. The normalized spacial score (nSPS) is 11.9. The highest BCUT2D eigenvalue weighted by atomic mass is 16.3. The van der Waals surface area contributed by atoms with Gasteiger partial charge in [-0.3, -0.25) is 0 Å². The Hall–Kier alpha value is -2.14. The Balaban J connectivity index is 2.03. The molecule has 0 spiro atoms. The molecule has 2 rings (SSSR count). The summed E-state index contributed by atoms with van der Waals surface area (Å²) in [5.41, 5.74) is 0.888. The summed E-state index contributed by atoms with van der Waals surface area (Å²) in [6.07, 6.45) is 0.208. The Morgan fingerprint density at radius 2 is 1.85 bits per heavy atom. The summed E-state index contributed by atoms with van der Waals surface area (Å²) in [5.74, 6) is 2.26. The van der Waals surface area contributed by atoms with E-state index in [1.165, 1.54) is 0 Å². The molecule has 0 fully saturated rings. The van der Waals surface area contributed by atoms with Gasteiger partial charge in [-0.1, -0.05) is 37.3 Å². The second-order valence-corrected chi connectivity index (χ2v) is 4.47. The maximum absolute atomic E-state index is 10.1. The SMILES string of the molecule is CCc1nc(NC)cc(NCC(O)c2ccccc2)n1. The molecule has 1 atom stereocenters. The third kappa shape index (κ3) is 3.68. The zero-order valence-electron chi connectivity index (χ0n) is 11.8. The van der Waals surface area contributed by atoms with E-state index in [2.05, 4.69) is 20.6 Å². The standard InChI is InChI=1S/C15H20N4O/c1-3-13-18-14(16-2)9-15(19-13)17-10-12(20)11-7-5-4-6-8-11/h4-9,12,20H,3,10H2,1-2H3,(H2,16,17,18,19). The number of hydrogen-bond donors (Lipinski definition) is 3. The van der Waals surface area contributed by atoms with Gasteiger partial charge in [0.05, 0.1) is 6.10 Å². The fourth-order valence-corrected chi connectivity index (χ4v) is 1.87. The first-order valence-electron chi connectivity index (χ1n) is 6.75. The van der Waals surface area contributed by atoms with Crippen LogP contribution in [0.2, 0.25) is 0 Å². The lowest BCUT2D eigenvalue weighted by atomic mass is 10.1. The van der Waals surface area contributed by atoms with E-state index in [1.807, 2.05) is 50.4 Å². The maximum atomic E-state index is 10.1. The van der Waals surface area contributed by atoms with Gasteiger partial charge in [0.25, 0.3) is 0 Å². The van der Waals surface area contributed by atoms with Crippen LogP contribution in [0.4, 0.5) is 11.6 Å². The van der Waals surface area contributed by atoms with Crippen molar-refractivity contribution in [2.45, 2.75) is 19.4 Å². The van der Waals surface area contributed by atoms with Crippen LogP contribution in [0, 0.1) is 0 Å². The predicted molar refractivity (Wildman–Crippen MR) is 80.8 cm³/mol. The largest absolute Gasteiger partial charge is 0.387 e. The Labute approximate surface area is 119 Å². The number of nitrogens with zero attached hydrogens (tertiary/aromatic N) is 2. The van der Waals surface area contributed by atoms with Gasteiger partial charge in [-0.2, -0.15) is 0 Å². The molecule has 1 aromatic heterocycles. The smallest absolute Gasteiger partial charge is 0.132 e. The minimum atomic E-state index is -0.561. The van der Waals surface area contributed by atoms with Gasteiger partial charge in [-0.15, -0.1) is 0 Å². The lowest BCUT2D eigenvalue weighted by molar-refractivity contribution is 0.191. The van der Waals surface area contributed by atoms with Crippen molar-refractivity contribution in [3.05, 3.63) is 47.8 Å². The monoisotopic (exact) mass is 272 g/mol. The van der Waals surface area contributed by atoms with Crippen molar-refractivity contribution in [1.82, 2.24) is 9.97 Å². The number of aliphatic hydroxyl groups excluding tert-OH is 1. The molecular weight excluding hydrogens is 252 g/mol. The number of aryl methyl sites for hydroxylation is 1. The highest BCUT2D eigenvalue weighted by molar-refractivity contribution is 5.47. The first-order valence-corrected chi connectivity index (χ1v) is 6.75. The van der Waals surface area contributed by atoms with Crippen LogP contribution in [0.5, 0.6) is 0 Å². The van der Waals surface area contributed by atoms with E-state index in [0.717, 1.165) is 29.4 Å². The summed E-state index contributed by atoms with van der Waals surface area (Å²) >= 11 is 0. The minimum absolute atomic E-state index is 0.410. The molecule has 5 nitrogen and oxygen atoms in total. The molecule has 2 aromatic rings. The molecule has 106 valence electrons. The summed E-state index contributed by atoms with van der Waals surface area (Å²) in [4.78, 5) is 8.72. The average molecular weight is 272 g/mol. The van der Waals surface area contributed by atoms with Crippen molar-refractivity contribution in [2.75, 3.05) is 24.2 Å². The highest BCUT2D eigenvalue weighted by Gasteiger charge is 2.08. The van der Waals surface area contributed by atoms with E-state index in [4.69, 9.17) is 0 Å². The van der Waals surface area contributed by atoms with Crippen molar-refractivity contribution >= 4 is 11.6 Å². The molecule has 20 heavy (non-hydrogen) atoms. The molecule has 0 aliphatic carbocycles. The van der Waals surface area contributed by atoms with Crippen LogP contribution >= 0.6 is 0 Å². The molecule has 0 amide bonds. The van der Waals surface area contributed by atoms with E-state index >= 15 is 0 Å². The molecule has 0 aliphatic rings. The van der Waals surface area contributed by atoms with Crippen molar-refractivity contribution < 1.29 is 5.11 Å². The van der Waals surface area contributed by atoms with E-state index in [0.29, 0.717) is 6.54 Å². The first-order chi connectivity index (χ1) is 9.72. The second-order valence-electron chi connectivity index (χ2n) is 4.47.